The van der Waals surface area contributed by atoms with Crippen LogP contribution < -0.4 is 5.32 Å². The lowest BCUT2D eigenvalue weighted by molar-refractivity contribution is -0.119. The molecule has 0 saturated heterocycles. The molecule has 1 aromatic carbocycles. The van der Waals surface area contributed by atoms with Crippen molar-refractivity contribution in [2.24, 2.45) is 10.8 Å². The van der Waals surface area contributed by atoms with Crippen LogP contribution in [0.2, 0.25) is 10.0 Å². The SMILES string of the molecule is CC1(C)CC(=O)C2=C(C1)NC1=C(C(=O)CC(C)(C)C1)C2c1c(Cl)cccc1Cl. The maximum absolute atomic E-state index is 13.2. The Morgan fingerprint density at radius 2 is 1.25 bits per heavy atom. The number of ketones is 2. The maximum Gasteiger partial charge on any atom is 0.162 e. The molecular weight excluding hydrogens is 393 g/mol. The number of hydrogen-bond acceptors (Lipinski definition) is 3. The zero-order valence-electron chi connectivity index (χ0n) is 16.7. The Kier molecular flexibility index (Phi) is 4.55. The van der Waals surface area contributed by atoms with Gasteiger partial charge in [0.2, 0.25) is 0 Å². The molecule has 0 bridgehead atoms. The molecule has 0 radical (unpaired) electrons. The topological polar surface area (TPSA) is 46.2 Å². The van der Waals surface area contributed by atoms with Crippen molar-refractivity contribution < 1.29 is 9.59 Å². The molecule has 0 atom stereocenters. The van der Waals surface area contributed by atoms with E-state index in [1.807, 2.05) is 0 Å². The second kappa shape index (κ2) is 6.47. The van der Waals surface area contributed by atoms with Crippen LogP contribution in [0.3, 0.4) is 0 Å². The Morgan fingerprint density at radius 1 is 0.821 bits per heavy atom. The number of carbonyl (C=O) groups excluding carboxylic acids is 2. The average Bonchev–Trinajstić information content (AvgIpc) is 2.50. The molecule has 1 heterocycles. The van der Waals surface area contributed by atoms with Crippen LogP contribution in [0.15, 0.2) is 40.7 Å². The van der Waals surface area contributed by atoms with Gasteiger partial charge in [-0.2, -0.15) is 0 Å². The summed E-state index contributed by atoms with van der Waals surface area (Å²) < 4.78 is 0. The predicted molar refractivity (Wildman–Crippen MR) is 112 cm³/mol. The van der Waals surface area contributed by atoms with Crippen molar-refractivity contribution in [1.82, 2.24) is 5.32 Å². The van der Waals surface area contributed by atoms with E-state index in [2.05, 4.69) is 33.0 Å². The second-order valence-corrected chi connectivity index (χ2v) is 10.7. The lowest BCUT2D eigenvalue weighted by Gasteiger charge is -2.44. The van der Waals surface area contributed by atoms with E-state index in [4.69, 9.17) is 23.2 Å². The molecule has 0 saturated carbocycles. The zero-order chi connectivity index (χ0) is 20.4. The van der Waals surface area contributed by atoms with E-state index >= 15 is 0 Å². The molecule has 2 aliphatic carbocycles. The van der Waals surface area contributed by atoms with Gasteiger partial charge in [0.15, 0.2) is 11.6 Å². The summed E-state index contributed by atoms with van der Waals surface area (Å²) in [5.41, 5.74) is 3.61. The third kappa shape index (κ3) is 3.23. The van der Waals surface area contributed by atoms with Crippen molar-refractivity contribution in [1.29, 1.82) is 0 Å². The normalized spacial score (nSPS) is 24.1. The fourth-order valence-corrected chi connectivity index (χ4v) is 5.58. The molecule has 148 valence electrons. The van der Waals surface area contributed by atoms with Crippen molar-refractivity contribution in [3.05, 3.63) is 56.3 Å². The lowest BCUT2D eigenvalue weighted by atomic mass is 9.64. The minimum atomic E-state index is -0.486. The average molecular weight is 418 g/mol. The first-order valence-electron chi connectivity index (χ1n) is 9.72. The van der Waals surface area contributed by atoms with Crippen LogP contribution >= 0.6 is 23.2 Å². The van der Waals surface area contributed by atoms with Crippen molar-refractivity contribution >= 4 is 34.8 Å². The number of nitrogens with one attached hydrogen (secondary N) is 1. The Bertz CT molecular complexity index is 897. The second-order valence-electron chi connectivity index (χ2n) is 9.86. The van der Waals surface area contributed by atoms with Crippen LogP contribution in [0.1, 0.15) is 64.9 Å². The number of allylic oxidation sites excluding steroid dienone is 4. The number of carbonyl (C=O) groups is 2. The minimum absolute atomic E-state index is 0.0731. The van der Waals surface area contributed by atoms with Crippen LogP contribution in [0.25, 0.3) is 0 Å². The van der Waals surface area contributed by atoms with Gasteiger partial charge in [-0.1, -0.05) is 57.0 Å². The fraction of sp³-hybridized carbons (Fsp3) is 0.478. The van der Waals surface area contributed by atoms with Gasteiger partial charge in [0.05, 0.1) is 0 Å². The monoisotopic (exact) mass is 417 g/mol. The van der Waals surface area contributed by atoms with Gasteiger partial charge in [0.1, 0.15) is 0 Å². The first-order valence-corrected chi connectivity index (χ1v) is 10.5. The van der Waals surface area contributed by atoms with Gasteiger partial charge >= 0.3 is 0 Å². The Morgan fingerprint density at radius 3 is 1.68 bits per heavy atom. The minimum Gasteiger partial charge on any atom is -0.362 e. The molecule has 0 unspecified atom stereocenters. The molecule has 3 aliphatic rings. The van der Waals surface area contributed by atoms with Gasteiger partial charge in [0, 0.05) is 56.9 Å². The van der Waals surface area contributed by atoms with E-state index in [0.29, 0.717) is 39.6 Å². The number of benzene rings is 1. The number of halogens is 2. The number of dihydropyridines is 1. The number of hydrogen-bond donors (Lipinski definition) is 1. The van der Waals surface area contributed by atoms with Gasteiger partial charge in [-0.25, -0.2) is 0 Å². The molecule has 3 nitrogen and oxygen atoms in total. The van der Waals surface area contributed by atoms with Crippen molar-refractivity contribution in [3.8, 4) is 0 Å². The first kappa shape index (κ1) is 19.7. The van der Waals surface area contributed by atoms with E-state index in [0.717, 1.165) is 24.2 Å². The molecule has 5 heteroatoms. The summed E-state index contributed by atoms with van der Waals surface area (Å²) in [5.74, 6) is -0.340. The molecule has 1 aliphatic heterocycles. The molecule has 28 heavy (non-hydrogen) atoms. The standard InChI is InChI=1S/C23H25Cl2NO2/c1-22(2)8-14-19(16(27)10-22)21(18-12(24)6-5-7-13(18)25)20-15(26-14)9-23(3,4)11-17(20)28/h5-7,21,26H,8-11H2,1-4H3. The van der Waals surface area contributed by atoms with Crippen molar-refractivity contribution in [3.63, 3.8) is 0 Å². The van der Waals surface area contributed by atoms with Crippen LogP contribution in [-0.2, 0) is 9.59 Å². The summed E-state index contributed by atoms with van der Waals surface area (Å²) in [4.78, 5) is 26.5. The third-order valence-corrected chi connectivity index (χ3v) is 6.67. The third-order valence-electron chi connectivity index (χ3n) is 6.01. The smallest absolute Gasteiger partial charge is 0.162 e. The van der Waals surface area contributed by atoms with Crippen LogP contribution in [-0.4, -0.2) is 11.6 Å². The highest BCUT2D eigenvalue weighted by Gasteiger charge is 2.47. The zero-order valence-corrected chi connectivity index (χ0v) is 18.2. The van der Waals surface area contributed by atoms with Crippen LogP contribution in [0.4, 0.5) is 0 Å². The summed E-state index contributed by atoms with van der Waals surface area (Å²) >= 11 is 13.1. The molecule has 0 spiro atoms. The summed E-state index contributed by atoms with van der Waals surface area (Å²) in [5, 5.41) is 4.49. The summed E-state index contributed by atoms with van der Waals surface area (Å²) in [6.45, 7) is 8.42. The van der Waals surface area contributed by atoms with Gasteiger partial charge in [-0.05, 0) is 35.8 Å². The lowest BCUT2D eigenvalue weighted by Crippen LogP contribution is -2.42. The first-order chi connectivity index (χ1) is 13.0. The molecule has 1 N–H and O–H groups in total. The quantitative estimate of drug-likeness (QED) is 0.612. The number of rotatable bonds is 1. The van der Waals surface area contributed by atoms with E-state index in [-0.39, 0.29) is 22.4 Å². The molecule has 4 rings (SSSR count). The van der Waals surface area contributed by atoms with Gasteiger partial charge in [-0.15, -0.1) is 0 Å². The highest BCUT2D eigenvalue weighted by Crippen LogP contribution is 2.53. The Labute approximate surface area is 176 Å². The van der Waals surface area contributed by atoms with Gasteiger partial charge in [-0.3, -0.25) is 9.59 Å². The summed E-state index contributed by atoms with van der Waals surface area (Å²) in [7, 11) is 0. The Balaban J connectivity index is 1.98. The van der Waals surface area contributed by atoms with Gasteiger partial charge in [0.25, 0.3) is 0 Å². The largest absolute Gasteiger partial charge is 0.362 e. The molecule has 0 fully saturated rings. The van der Waals surface area contributed by atoms with E-state index < -0.39 is 5.92 Å². The fourth-order valence-electron chi connectivity index (χ4n) is 4.96. The summed E-state index contributed by atoms with van der Waals surface area (Å²) in [6.07, 6.45) is 2.43. The summed E-state index contributed by atoms with van der Waals surface area (Å²) in [6, 6.07) is 5.34. The maximum atomic E-state index is 13.2. The molecule has 0 aromatic heterocycles. The van der Waals surface area contributed by atoms with Crippen LogP contribution in [0.5, 0.6) is 0 Å². The van der Waals surface area contributed by atoms with E-state index in [1.165, 1.54) is 0 Å². The molecule has 0 amide bonds. The number of Topliss-reactive ketones (excluding diaryl/α,β-unsaturated/α-hetero) is 2. The van der Waals surface area contributed by atoms with Crippen LogP contribution in [0, 0.1) is 10.8 Å². The highest BCUT2D eigenvalue weighted by molar-refractivity contribution is 6.36. The predicted octanol–water partition coefficient (Wildman–Crippen LogP) is 5.97. The molecule has 1 aromatic rings. The van der Waals surface area contributed by atoms with E-state index in [9.17, 15) is 9.59 Å². The Hall–Kier alpha value is -1.58. The van der Waals surface area contributed by atoms with Crippen molar-refractivity contribution in [2.45, 2.75) is 59.3 Å². The van der Waals surface area contributed by atoms with E-state index in [1.54, 1.807) is 18.2 Å². The molecular formula is C23H25Cl2NO2. The van der Waals surface area contributed by atoms with Gasteiger partial charge < -0.3 is 5.32 Å². The van der Waals surface area contributed by atoms with Crippen molar-refractivity contribution in [2.75, 3.05) is 0 Å². The highest BCUT2D eigenvalue weighted by atomic mass is 35.5.